The smallest absolute Gasteiger partial charge is 0.414 e. The second kappa shape index (κ2) is 6.35. The highest BCUT2D eigenvalue weighted by molar-refractivity contribution is 14.1. The Balaban J connectivity index is 1.78. The van der Waals surface area contributed by atoms with Crippen LogP contribution >= 0.6 is 22.6 Å². The molecule has 0 aromatic heterocycles. The Morgan fingerprint density at radius 2 is 2.00 bits per heavy atom. The quantitative estimate of drug-likeness (QED) is 0.792. The van der Waals surface area contributed by atoms with Crippen molar-refractivity contribution in [3.63, 3.8) is 0 Å². The molecule has 0 unspecified atom stereocenters. The molecule has 0 spiro atoms. The number of amides is 2. The van der Waals surface area contributed by atoms with Gasteiger partial charge in [-0.05, 0) is 59.0 Å². The van der Waals surface area contributed by atoms with E-state index in [4.69, 9.17) is 4.74 Å². The van der Waals surface area contributed by atoms with Gasteiger partial charge in [0, 0.05) is 20.5 Å². The number of carbonyl (C=O) groups is 2. The van der Waals surface area contributed by atoms with Crippen LogP contribution in [0.25, 0.3) is 0 Å². The summed E-state index contributed by atoms with van der Waals surface area (Å²) in [6, 6.07) is 14.5. The van der Waals surface area contributed by atoms with Crippen molar-refractivity contribution in [3.8, 4) is 0 Å². The summed E-state index contributed by atoms with van der Waals surface area (Å²) in [7, 11) is 0. The van der Waals surface area contributed by atoms with Gasteiger partial charge in [-0.1, -0.05) is 12.1 Å². The van der Waals surface area contributed by atoms with E-state index in [0.717, 1.165) is 3.57 Å². The molecular formula is C16H13IN2O3. The van der Waals surface area contributed by atoms with E-state index in [1.54, 1.807) is 29.2 Å². The zero-order chi connectivity index (χ0) is 15.5. The molecule has 1 N–H and O–H groups in total. The Labute approximate surface area is 141 Å². The lowest BCUT2D eigenvalue weighted by Gasteiger charge is -2.14. The van der Waals surface area contributed by atoms with Crippen molar-refractivity contribution in [2.75, 3.05) is 23.4 Å². The van der Waals surface area contributed by atoms with E-state index >= 15 is 0 Å². The third kappa shape index (κ3) is 3.22. The maximum absolute atomic E-state index is 12.2. The molecule has 0 aliphatic carbocycles. The highest BCUT2D eigenvalue weighted by Crippen LogP contribution is 2.23. The second-order valence-electron chi connectivity index (χ2n) is 4.78. The SMILES string of the molecule is O=C(Nc1cccc(N2CCOC2=O)c1)c1cccc(I)c1. The summed E-state index contributed by atoms with van der Waals surface area (Å²) in [5, 5.41) is 2.84. The minimum absolute atomic E-state index is 0.181. The maximum Gasteiger partial charge on any atom is 0.414 e. The van der Waals surface area contributed by atoms with Gasteiger partial charge in [0.2, 0.25) is 0 Å². The first-order chi connectivity index (χ1) is 10.6. The van der Waals surface area contributed by atoms with Crippen LogP contribution in [0.5, 0.6) is 0 Å². The Morgan fingerprint density at radius 3 is 2.73 bits per heavy atom. The van der Waals surface area contributed by atoms with E-state index in [2.05, 4.69) is 27.9 Å². The number of benzene rings is 2. The molecule has 2 aromatic rings. The van der Waals surface area contributed by atoms with Gasteiger partial charge < -0.3 is 10.1 Å². The first-order valence-corrected chi connectivity index (χ1v) is 7.82. The summed E-state index contributed by atoms with van der Waals surface area (Å²) >= 11 is 2.16. The fourth-order valence-corrected chi connectivity index (χ4v) is 2.76. The Bertz CT molecular complexity index is 733. The van der Waals surface area contributed by atoms with Crippen LogP contribution in [0, 0.1) is 3.57 Å². The van der Waals surface area contributed by atoms with E-state index in [-0.39, 0.29) is 12.0 Å². The highest BCUT2D eigenvalue weighted by atomic mass is 127. The monoisotopic (exact) mass is 408 g/mol. The summed E-state index contributed by atoms with van der Waals surface area (Å²) in [5.74, 6) is -0.181. The van der Waals surface area contributed by atoms with Crippen LogP contribution in [0.1, 0.15) is 10.4 Å². The zero-order valence-corrected chi connectivity index (χ0v) is 13.7. The lowest BCUT2D eigenvalue weighted by atomic mass is 10.2. The number of cyclic esters (lactones) is 1. The van der Waals surface area contributed by atoms with Gasteiger partial charge >= 0.3 is 6.09 Å². The molecule has 5 nitrogen and oxygen atoms in total. The molecule has 2 amide bonds. The van der Waals surface area contributed by atoms with Crippen molar-refractivity contribution in [2.45, 2.75) is 0 Å². The number of nitrogens with zero attached hydrogens (tertiary/aromatic N) is 1. The van der Waals surface area contributed by atoms with Crippen LogP contribution in [0.4, 0.5) is 16.2 Å². The van der Waals surface area contributed by atoms with E-state index in [1.165, 1.54) is 0 Å². The molecule has 0 atom stereocenters. The minimum Gasteiger partial charge on any atom is -0.447 e. The number of hydrogen-bond acceptors (Lipinski definition) is 3. The van der Waals surface area contributed by atoms with Crippen molar-refractivity contribution in [1.82, 2.24) is 0 Å². The average molecular weight is 408 g/mol. The molecule has 1 aliphatic rings. The number of rotatable bonds is 3. The standard InChI is InChI=1S/C16H13IN2O3/c17-12-4-1-3-11(9-12)15(20)18-13-5-2-6-14(10-13)19-7-8-22-16(19)21/h1-6,9-10H,7-8H2,(H,18,20). The molecule has 2 aromatic carbocycles. The van der Waals surface area contributed by atoms with Gasteiger partial charge in [-0.3, -0.25) is 9.69 Å². The predicted octanol–water partition coefficient (Wildman–Crippen LogP) is 3.50. The van der Waals surface area contributed by atoms with Crippen LogP contribution in [-0.4, -0.2) is 25.2 Å². The Morgan fingerprint density at radius 1 is 1.18 bits per heavy atom. The zero-order valence-electron chi connectivity index (χ0n) is 11.6. The number of anilines is 2. The van der Waals surface area contributed by atoms with E-state index in [0.29, 0.717) is 30.1 Å². The van der Waals surface area contributed by atoms with Crippen molar-refractivity contribution in [1.29, 1.82) is 0 Å². The van der Waals surface area contributed by atoms with Gasteiger partial charge in [0.15, 0.2) is 0 Å². The van der Waals surface area contributed by atoms with Gasteiger partial charge in [0.05, 0.1) is 6.54 Å². The van der Waals surface area contributed by atoms with E-state index in [9.17, 15) is 9.59 Å². The second-order valence-corrected chi connectivity index (χ2v) is 6.03. The molecule has 1 aliphatic heterocycles. The molecular weight excluding hydrogens is 395 g/mol. The molecule has 1 heterocycles. The Hall–Kier alpha value is -2.09. The van der Waals surface area contributed by atoms with Gasteiger partial charge in [0.1, 0.15) is 6.61 Å². The largest absolute Gasteiger partial charge is 0.447 e. The lowest BCUT2D eigenvalue weighted by Crippen LogP contribution is -2.23. The number of nitrogens with one attached hydrogen (secondary N) is 1. The van der Waals surface area contributed by atoms with Crippen molar-refractivity contribution < 1.29 is 14.3 Å². The normalized spacial score (nSPS) is 13.9. The minimum atomic E-state index is -0.360. The summed E-state index contributed by atoms with van der Waals surface area (Å²) in [4.78, 5) is 25.4. The van der Waals surface area contributed by atoms with Crippen LogP contribution in [0.2, 0.25) is 0 Å². The predicted molar refractivity (Wildman–Crippen MR) is 92.2 cm³/mol. The summed E-state index contributed by atoms with van der Waals surface area (Å²) in [6.07, 6.45) is -0.360. The summed E-state index contributed by atoms with van der Waals surface area (Å²) < 4.78 is 5.92. The molecule has 6 heteroatoms. The van der Waals surface area contributed by atoms with Crippen LogP contribution < -0.4 is 10.2 Å². The fourth-order valence-electron chi connectivity index (χ4n) is 2.21. The maximum atomic E-state index is 12.2. The van der Waals surface area contributed by atoms with Gasteiger partial charge in [-0.25, -0.2) is 4.79 Å². The summed E-state index contributed by atoms with van der Waals surface area (Å²) in [6.45, 7) is 0.908. The molecule has 22 heavy (non-hydrogen) atoms. The summed E-state index contributed by atoms with van der Waals surface area (Å²) in [5.41, 5.74) is 1.95. The molecule has 1 fully saturated rings. The number of ether oxygens (including phenoxy) is 1. The molecule has 112 valence electrons. The number of hydrogen-bond donors (Lipinski definition) is 1. The number of halogens is 1. The van der Waals surface area contributed by atoms with Gasteiger partial charge in [-0.2, -0.15) is 0 Å². The molecule has 3 rings (SSSR count). The third-order valence-electron chi connectivity index (χ3n) is 3.26. The average Bonchev–Trinajstić information content (AvgIpc) is 2.94. The molecule has 0 radical (unpaired) electrons. The molecule has 0 bridgehead atoms. The van der Waals surface area contributed by atoms with Crippen molar-refractivity contribution >= 4 is 46.0 Å². The fraction of sp³-hybridized carbons (Fsp3) is 0.125. The van der Waals surface area contributed by atoms with E-state index in [1.807, 2.05) is 24.3 Å². The van der Waals surface area contributed by atoms with Crippen LogP contribution in [-0.2, 0) is 4.74 Å². The van der Waals surface area contributed by atoms with Gasteiger partial charge in [-0.15, -0.1) is 0 Å². The first kappa shape index (κ1) is 14.8. The number of carbonyl (C=O) groups excluding carboxylic acids is 2. The van der Waals surface area contributed by atoms with Gasteiger partial charge in [0.25, 0.3) is 5.91 Å². The van der Waals surface area contributed by atoms with Crippen LogP contribution in [0.3, 0.4) is 0 Å². The van der Waals surface area contributed by atoms with Crippen molar-refractivity contribution in [3.05, 3.63) is 57.7 Å². The molecule has 0 saturated carbocycles. The van der Waals surface area contributed by atoms with E-state index < -0.39 is 0 Å². The van der Waals surface area contributed by atoms with Crippen molar-refractivity contribution in [2.24, 2.45) is 0 Å². The first-order valence-electron chi connectivity index (χ1n) is 6.75. The molecule has 1 saturated heterocycles. The lowest BCUT2D eigenvalue weighted by molar-refractivity contribution is 0.102. The topological polar surface area (TPSA) is 58.6 Å². The van der Waals surface area contributed by atoms with Crippen LogP contribution in [0.15, 0.2) is 48.5 Å². The third-order valence-corrected chi connectivity index (χ3v) is 3.93. The highest BCUT2D eigenvalue weighted by Gasteiger charge is 2.23. The Kier molecular flexibility index (Phi) is 4.28.